The van der Waals surface area contributed by atoms with Gasteiger partial charge in [0.05, 0.1) is 0 Å². The lowest BCUT2D eigenvalue weighted by Gasteiger charge is -1.98. The van der Waals surface area contributed by atoms with E-state index in [0.29, 0.717) is 0 Å². The molecule has 0 atom stereocenters. The lowest BCUT2D eigenvalue weighted by Crippen LogP contribution is -2.22. The maximum absolute atomic E-state index is 3.04. The Morgan fingerprint density at radius 1 is 1.22 bits per heavy atom. The quantitative estimate of drug-likeness (QED) is 0.322. The zero-order chi connectivity index (χ0) is 6.95. The van der Waals surface area contributed by atoms with E-state index in [2.05, 4.69) is 38.9 Å². The highest BCUT2D eigenvalue weighted by atomic mass is 127. The van der Waals surface area contributed by atoms with E-state index in [9.17, 15) is 0 Å². The van der Waals surface area contributed by atoms with Gasteiger partial charge in [0.15, 0.2) is 0 Å². The maximum Gasteiger partial charge on any atom is 0.0334 e. The van der Waals surface area contributed by atoms with Gasteiger partial charge in [-0.25, -0.2) is 5.43 Å². The van der Waals surface area contributed by atoms with Gasteiger partial charge in [0.2, 0.25) is 0 Å². The van der Waals surface area contributed by atoms with Crippen LogP contribution in [0.4, 0.5) is 0 Å². The summed E-state index contributed by atoms with van der Waals surface area (Å²) in [4.78, 5) is 0. The summed E-state index contributed by atoms with van der Waals surface area (Å²) in [5.41, 5.74) is 3.04. The summed E-state index contributed by atoms with van der Waals surface area (Å²) in [5, 5.41) is 0. The van der Waals surface area contributed by atoms with E-state index in [1.807, 2.05) is 0 Å². The Kier molecular flexibility index (Phi) is 9.27. The molecule has 56 valence electrons. The van der Waals surface area contributed by atoms with Crippen molar-refractivity contribution in [2.24, 2.45) is 0 Å². The Bertz CT molecular complexity index is 44.3. The molecule has 0 aromatic carbocycles. The van der Waals surface area contributed by atoms with Crippen LogP contribution in [0.3, 0.4) is 0 Å². The fourth-order valence-electron chi connectivity index (χ4n) is 0.687. The van der Waals surface area contributed by atoms with Crippen LogP contribution in [0.15, 0.2) is 0 Å². The first-order chi connectivity index (χ1) is 4.41. The number of hydrogen-bond donors (Lipinski definition) is 2. The summed E-state index contributed by atoms with van der Waals surface area (Å²) in [6, 6.07) is 0. The van der Waals surface area contributed by atoms with Gasteiger partial charge in [-0.15, -0.1) is 0 Å². The molecule has 0 saturated carbocycles. The number of hydrogen-bond acceptors (Lipinski definition) is 2. The smallest absolute Gasteiger partial charge is 0.0334 e. The topological polar surface area (TPSA) is 24.1 Å². The van der Waals surface area contributed by atoms with Crippen molar-refractivity contribution in [3.05, 3.63) is 0 Å². The van der Waals surface area contributed by atoms with E-state index in [-0.39, 0.29) is 0 Å². The molecule has 0 bridgehead atoms. The highest BCUT2D eigenvalue weighted by Gasteiger charge is 1.84. The third-order valence-corrected chi connectivity index (χ3v) is 1.60. The Morgan fingerprint density at radius 3 is 2.56 bits per heavy atom. The molecule has 0 aliphatic rings. The van der Waals surface area contributed by atoms with Crippen LogP contribution in [-0.2, 0) is 0 Å². The molecule has 0 heterocycles. The highest BCUT2D eigenvalue weighted by molar-refractivity contribution is 14.1. The molecule has 0 saturated heterocycles. The monoisotopic (exact) mass is 242 g/mol. The molecular formula is C6H15IN2. The second-order valence-corrected chi connectivity index (χ2v) is 2.62. The predicted molar refractivity (Wildman–Crippen MR) is 49.3 cm³/mol. The van der Waals surface area contributed by atoms with Crippen molar-refractivity contribution < 1.29 is 0 Å². The van der Waals surface area contributed by atoms with Gasteiger partial charge in [-0.05, 0) is 6.42 Å². The molecule has 0 aromatic heterocycles. The molecule has 2 N–H and O–H groups in total. The molecule has 2 nitrogen and oxygen atoms in total. The van der Waals surface area contributed by atoms with Gasteiger partial charge in [0, 0.05) is 29.4 Å². The van der Waals surface area contributed by atoms with Crippen LogP contribution < -0.4 is 9.06 Å². The summed E-state index contributed by atoms with van der Waals surface area (Å²) in [6.07, 6.45) is 5.31. The Morgan fingerprint density at radius 2 is 2.00 bits per heavy atom. The number of unbranched alkanes of at least 4 members (excludes halogenated alkanes) is 3. The second kappa shape index (κ2) is 8.65. The second-order valence-electron chi connectivity index (χ2n) is 2.08. The molecule has 0 aliphatic heterocycles. The summed E-state index contributed by atoms with van der Waals surface area (Å²) in [5.74, 6) is 0. The van der Waals surface area contributed by atoms with Crippen LogP contribution in [0.25, 0.3) is 0 Å². The molecule has 0 radical (unpaired) electrons. The molecule has 0 fully saturated rings. The van der Waals surface area contributed by atoms with E-state index in [4.69, 9.17) is 0 Å². The van der Waals surface area contributed by atoms with Crippen LogP contribution in [0.2, 0.25) is 0 Å². The highest BCUT2D eigenvalue weighted by Crippen LogP contribution is 1.96. The third kappa shape index (κ3) is 8.65. The van der Waals surface area contributed by atoms with Crippen molar-refractivity contribution in [1.29, 1.82) is 0 Å². The molecular weight excluding hydrogens is 227 g/mol. The van der Waals surface area contributed by atoms with Gasteiger partial charge in [-0.2, -0.15) is 3.64 Å². The van der Waals surface area contributed by atoms with Gasteiger partial charge in [0.25, 0.3) is 0 Å². The van der Waals surface area contributed by atoms with Crippen LogP contribution in [0.1, 0.15) is 32.6 Å². The molecule has 0 amide bonds. The minimum Gasteiger partial charge on any atom is -0.249 e. The minimum absolute atomic E-state index is 1.09. The van der Waals surface area contributed by atoms with E-state index >= 15 is 0 Å². The van der Waals surface area contributed by atoms with Crippen LogP contribution >= 0.6 is 22.9 Å². The van der Waals surface area contributed by atoms with Crippen LogP contribution in [0.5, 0.6) is 0 Å². The van der Waals surface area contributed by atoms with Crippen molar-refractivity contribution in [3.8, 4) is 0 Å². The summed E-state index contributed by atoms with van der Waals surface area (Å²) < 4.78 is 2.86. The SMILES string of the molecule is CCCCCCNNI. The van der Waals surface area contributed by atoms with Gasteiger partial charge in [0.1, 0.15) is 0 Å². The first-order valence-electron chi connectivity index (χ1n) is 3.50. The summed E-state index contributed by atoms with van der Waals surface area (Å²) in [7, 11) is 0. The number of nitrogens with one attached hydrogen (secondary N) is 2. The molecule has 9 heavy (non-hydrogen) atoms. The molecule has 0 spiro atoms. The first-order valence-corrected chi connectivity index (χ1v) is 4.58. The molecule has 0 unspecified atom stereocenters. The molecule has 0 rings (SSSR count). The Hall–Kier alpha value is 0.650. The molecule has 0 aliphatic carbocycles. The minimum atomic E-state index is 1.09. The molecule has 0 aromatic rings. The van der Waals surface area contributed by atoms with Gasteiger partial charge < -0.3 is 0 Å². The van der Waals surface area contributed by atoms with Crippen molar-refractivity contribution in [3.63, 3.8) is 0 Å². The number of halogens is 1. The lowest BCUT2D eigenvalue weighted by atomic mass is 10.2. The number of rotatable bonds is 6. The summed E-state index contributed by atoms with van der Waals surface area (Å²) in [6.45, 7) is 3.31. The Balaban J connectivity index is 2.60. The lowest BCUT2D eigenvalue weighted by molar-refractivity contribution is 0.601. The van der Waals surface area contributed by atoms with E-state index in [0.717, 1.165) is 6.54 Å². The largest absolute Gasteiger partial charge is 0.249 e. The Labute approximate surface area is 71.3 Å². The van der Waals surface area contributed by atoms with E-state index in [1.54, 1.807) is 0 Å². The predicted octanol–water partition coefficient (Wildman–Crippen LogP) is 2.01. The van der Waals surface area contributed by atoms with Crippen molar-refractivity contribution in [2.75, 3.05) is 6.54 Å². The molecule has 3 heteroatoms. The van der Waals surface area contributed by atoms with Crippen molar-refractivity contribution >= 4 is 22.9 Å². The first kappa shape index (κ1) is 9.65. The van der Waals surface area contributed by atoms with Crippen LogP contribution in [0, 0.1) is 0 Å². The van der Waals surface area contributed by atoms with Gasteiger partial charge in [-0.3, -0.25) is 0 Å². The average Bonchev–Trinajstić information content (AvgIpc) is 1.89. The zero-order valence-corrected chi connectivity index (χ0v) is 8.07. The van der Waals surface area contributed by atoms with E-state index < -0.39 is 0 Å². The normalized spacial score (nSPS) is 10.0. The fraction of sp³-hybridized carbons (Fsp3) is 1.00. The van der Waals surface area contributed by atoms with Gasteiger partial charge in [-0.1, -0.05) is 26.2 Å². The van der Waals surface area contributed by atoms with E-state index in [1.165, 1.54) is 25.7 Å². The van der Waals surface area contributed by atoms with Crippen LogP contribution in [-0.4, -0.2) is 6.54 Å². The standard InChI is InChI=1S/C6H15IN2/c1-2-3-4-5-6-8-9-7/h8-9H,2-6H2,1H3. The zero-order valence-electron chi connectivity index (χ0n) is 5.91. The number of hydrazine groups is 1. The van der Waals surface area contributed by atoms with Crippen molar-refractivity contribution in [2.45, 2.75) is 32.6 Å². The fourth-order valence-corrected chi connectivity index (χ4v) is 0.957. The average molecular weight is 242 g/mol. The summed E-state index contributed by atoms with van der Waals surface area (Å²) >= 11 is 2.09. The van der Waals surface area contributed by atoms with Gasteiger partial charge >= 0.3 is 0 Å². The maximum atomic E-state index is 3.04. The third-order valence-electron chi connectivity index (χ3n) is 1.22. The van der Waals surface area contributed by atoms with Crippen molar-refractivity contribution in [1.82, 2.24) is 9.06 Å².